The van der Waals surface area contributed by atoms with Crippen molar-refractivity contribution in [1.29, 1.82) is 0 Å². The molecule has 0 bridgehead atoms. The number of ether oxygens (including phenoxy) is 1. The maximum atomic E-state index is 5.58. The van der Waals surface area contributed by atoms with Gasteiger partial charge in [-0.3, -0.25) is 0 Å². The SMILES string of the molecule is CCNCC(CC)CCOCC(C)C. The lowest BCUT2D eigenvalue weighted by atomic mass is 10.0. The van der Waals surface area contributed by atoms with Gasteiger partial charge in [0.25, 0.3) is 0 Å². The first-order valence-corrected chi connectivity index (χ1v) is 5.99. The van der Waals surface area contributed by atoms with Gasteiger partial charge in [-0.25, -0.2) is 0 Å². The summed E-state index contributed by atoms with van der Waals surface area (Å²) in [5.41, 5.74) is 0. The molecule has 0 saturated carbocycles. The highest BCUT2D eigenvalue weighted by Crippen LogP contribution is 2.07. The highest BCUT2D eigenvalue weighted by molar-refractivity contribution is 4.59. The van der Waals surface area contributed by atoms with Gasteiger partial charge in [-0.1, -0.05) is 34.1 Å². The van der Waals surface area contributed by atoms with Crippen molar-refractivity contribution in [2.75, 3.05) is 26.3 Å². The van der Waals surface area contributed by atoms with Crippen molar-refractivity contribution < 1.29 is 4.74 Å². The Morgan fingerprint density at radius 3 is 2.43 bits per heavy atom. The fraction of sp³-hybridized carbons (Fsp3) is 1.00. The quantitative estimate of drug-likeness (QED) is 0.579. The summed E-state index contributed by atoms with van der Waals surface area (Å²) < 4.78 is 5.58. The second-order valence-corrected chi connectivity index (χ2v) is 4.34. The second kappa shape index (κ2) is 9.47. The molecule has 0 amide bonds. The van der Waals surface area contributed by atoms with Crippen LogP contribution in [0.15, 0.2) is 0 Å². The van der Waals surface area contributed by atoms with Crippen molar-refractivity contribution in [3.05, 3.63) is 0 Å². The van der Waals surface area contributed by atoms with E-state index in [-0.39, 0.29) is 0 Å². The van der Waals surface area contributed by atoms with Gasteiger partial charge in [-0.15, -0.1) is 0 Å². The lowest BCUT2D eigenvalue weighted by Crippen LogP contribution is -2.23. The summed E-state index contributed by atoms with van der Waals surface area (Å²) in [4.78, 5) is 0. The molecule has 1 unspecified atom stereocenters. The molecule has 0 aliphatic heterocycles. The van der Waals surface area contributed by atoms with Crippen LogP contribution in [0.25, 0.3) is 0 Å². The van der Waals surface area contributed by atoms with Gasteiger partial charge in [0.15, 0.2) is 0 Å². The van der Waals surface area contributed by atoms with Crippen LogP contribution in [-0.4, -0.2) is 26.3 Å². The van der Waals surface area contributed by atoms with Crippen LogP contribution in [0.2, 0.25) is 0 Å². The van der Waals surface area contributed by atoms with E-state index in [1.807, 2.05) is 0 Å². The zero-order valence-electron chi connectivity index (χ0n) is 10.3. The molecule has 0 heterocycles. The topological polar surface area (TPSA) is 21.3 Å². The predicted molar refractivity (Wildman–Crippen MR) is 62.6 cm³/mol. The van der Waals surface area contributed by atoms with Gasteiger partial charge >= 0.3 is 0 Å². The standard InChI is InChI=1S/C12H27NO/c1-5-12(9-13-6-2)7-8-14-10-11(3)4/h11-13H,5-10H2,1-4H3. The van der Waals surface area contributed by atoms with E-state index in [2.05, 4.69) is 33.0 Å². The number of hydrogen-bond donors (Lipinski definition) is 1. The van der Waals surface area contributed by atoms with E-state index in [4.69, 9.17) is 4.74 Å². The molecule has 0 saturated heterocycles. The van der Waals surface area contributed by atoms with Crippen molar-refractivity contribution in [3.8, 4) is 0 Å². The van der Waals surface area contributed by atoms with Crippen LogP contribution in [0.4, 0.5) is 0 Å². The smallest absolute Gasteiger partial charge is 0.0488 e. The van der Waals surface area contributed by atoms with E-state index >= 15 is 0 Å². The molecule has 1 atom stereocenters. The summed E-state index contributed by atoms with van der Waals surface area (Å²) in [5.74, 6) is 1.44. The molecule has 86 valence electrons. The molecule has 1 N–H and O–H groups in total. The molecule has 0 aromatic heterocycles. The third-order valence-electron chi connectivity index (χ3n) is 2.38. The Hall–Kier alpha value is -0.0800. The second-order valence-electron chi connectivity index (χ2n) is 4.34. The van der Waals surface area contributed by atoms with Crippen molar-refractivity contribution in [1.82, 2.24) is 5.32 Å². The lowest BCUT2D eigenvalue weighted by Gasteiger charge is -2.15. The van der Waals surface area contributed by atoms with Gasteiger partial charge in [0.05, 0.1) is 0 Å². The van der Waals surface area contributed by atoms with Gasteiger partial charge in [0.1, 0.15) is 0 Å². The van der Waals surface area contributed by atoms with Crippen LogP contribution in [0.3, 0.4) is 0 Å². The van der Waals surface area contributed by atoms with E-state index in [1.165, 1.54) is 12.8 Å². The Morgan fingerprint density at radius 1 is 1.21 bits per heavy atom. The molecule has 2 nitrogen and oxygen atoms in total. The van der Waals surface area contributed by atoms with Gasteiger partial charge in [0.2, 0.25) is 0 Å². The van der Waals surface area contributed by atoms with E-state index in [1.54, 1.807) is 0 Å². The van der Waals surface area contributed by atoms with Crippen LogP contribution in [0.5, 0.6) is 0 Å². The number of rotatable bonds is 9. The van der Waals surface area contributed by atoms with Crippen LogP contribution in [0.1, 0.15) is 40.5 Å². The highest BCUT2D eigenvalue weighted by Gasteiger charge is 2.05. The summed E-state index contributed by atoms with van der Waals surface area (Å²) in [6.07, 6.45) is 2.44. The van der Waals surface area contributed by atoms with Crippen molar-refractivity contribution >= 4 is 0 Å². The monoisotopic (exact) mass is 201 g/mol. The Labute approximate surface area is 89.4 Å². The third-order valence-corrected chi connectivity index (χ3v) is 2.38. The van der Waals surface area contributed by atoms with E-state index in [9.17, 15) is 0 Å². The van der Waals surface area contributed by atoms with Crippen LogP contribution in [-0.2, 0) is 4.74 Å². The minimum absolute atomic E-state index is 0.656. The van der Waals surface area contributed by atoms with Gasteiger partial charge < -0.3 is 10.1 Å². The Kier molecular flexibility index (Phi) is 9.42. The number of nitrogens with one attached hydrogen (secondary N) is 1. The first-order chi connectivity index (χ1) is 6.70. The van der Waals surface area contributed by atoms with Gasteiger partial charge in [-0.05, 0) is 31.3 Å². The highest BCUT2D eigenvalue weighted by atomic mass is 16.5. The molecule has 0 radical (unpaired) electrons. The van der Waals surface area contributed by atoms with Crippen molar-refractivity contribution in [3.63, 3.8) is 0 Å². The van der Waals surface area contributed by atoms with Crippen LogP contribution >= 0.6 is 0 Å². The lowest BCUT2D eigenvalue weighted by molar-refractivity contribution is 0.0972. The average molecular weight is 201 g/mol. The fourth-order valence-corrected chi connectivity index (χ4v) is 1.37. The van der Waals surface area contributed by atoms with Crippen LogP contribution in [0, 0.1) is 11.8 Å². The van der Waals surface area contributed by atoms with Crippen molar-refractivity contribution in [2.24, 2.45) is 11.8 Å². The van der Waals surface area contributed by atoms with E-state index in [0.29, 0.717) is 5.92 Å². The largest absolute Gasteiger partial charge is 0.381 e. The Bertz CT molecular complexity index is 115. The predicted octanol–water partition coefficient (Wildman–Crippen LogP) is 2.68. The van der Waals surface area contributed by atoms with Crippen molar-refractivity contribution in [2.45, 2.75) is 40.5 Å². The molecule has 0 fully saturated rings. The molecule has 2 heteroatoms. The maximum Gasteiger partial charge on any atom is 0.0488 e. The van der Waals surface area contributed by atoms with E-state index < -0.39 is 0 Å². The normalized spacial score (nSPS) is 13.5. The maximum absolute atomic E-state index is 5.58. The average Bonchev–Trinajstić information content (AvgIpc) is 2.16. The first-order valence-electron chi connectivity index (χ1n) is 5.99. The summed E-state index contributed by atoms with van der Waals surface area (Å²) in [6, 6.07) is 0. The summed E-state index contributed by atoms with van der Waals surface area (Å²) in [5, 5.41) is 3.39. The number of hydrogen-bond acceptors (Lipinski definition) is 2. The third kappa shape index (κ3) is 8.52. The molecule has 0 aromatic carbocycles. The first kappa shape index (κ1) is 13.9. The Balaban J connectivity index is 3.33. The van der Waals surface area contributed by atoms with Crippen LogP contribution < -0.4 is 5.32 Å². The van der Waals surface area contributed by atoms with E-state index in [0.717, 1.165) is 32.2 Å². The molecule has 0 aliphatic rings. The zero-order valence-corrected chi connectivity index (χ0v) is 10.3. The molecule has 0 aromatic rings. The molecular weight excluding hydrogens is 174 g/mol. The van der Waals surface area contributed by atoms with Gasteiger partial charge in [0, 0.05) is 13.2 Å². The zero-order chi connectivity index (χ0) is 10.8. The molecule has 14 heavy (non-hydrogen) atoms. The summed E-state index contributed by atoms with van der Waals surface area (Å²) in [6.45, 7) is 12.8. The minimum Gasteiger partial charge on any atom is -0.381 e. The molecule has 0 spiro atoms. The summed E-state index contributed by atoms with van der Waals surface area (Å²) >= 11 is 0. The fourth-order valence-electron chi connectivity index (χ4n) is 1.37. The molecule has 0 rings (SSSR count). The Morgan fingerprint density at radius 2 is 1.93 bits per heavy atom. The summed E-state index contributed by atoms with van der Waals surface area (Å²) in [7, 11) is 0. The molecule has 0 aliphatic carbocycles. The molecular formula is C12H27NO. The van der Waals surface area contributed by atoms with Gasteiger partial charge in [-0.2, -0.15) is 0 Å². The minimum atomic E-state index is 0.656.